The Morgan fingerprint density at radius 1 is 1.08 bits per heavy atom. The molecule has 0 radical (unpaired) electrons. The van der Waals surface area contributed by atoms with E-state index in [1.165, 1.54) is 4.90 Å². The third kappa shape index (κ3) is 4.59. The minimum Gasteiger partial charge on any atom is -0.465 e. The molecule has 8 nitrogen and oxygen atoms in total. The van der Waals surface area contributed by atoms with Crippen molar-refractivity contribution in [2.75, 3.05) is 19.7 Å². The first kappa shape index (κ1) is 22.5. The van der Waals surface area contributed by atoms with E-state index >= 15 is 0 Å². The van der Waals surface area contributed by atoms with Gasteiger partial charge in [0.05, 0.1) is 0 Å². The van der Waals surface area contributed by atoms with Gasteiger partial charge in [-0.3, -0.25) is 15.1 Å². The van der Waals surface area contributed by atoms with Crippen LogP contribution < -0.4 is 5.32 Å². The van der Waals surface area contributed by atoms with E-state index in [9.17, 15) is 24.9 Å². The average Bonchev–Trinajstić information content (AvgIpc) is 2.44. The van der Waals surface area contributed by atoms with Crippen LogP contribution >= 0.6 is 0 Å². The van der Waals surface area contributed by atoms with Crippen LogP contribution in [0.25, 0.3) is 0 Å². The number of hydrogen-bond donors (Lipinski definition) is 4. The molecule has 1 fully saturated rings. The zero-order valence-corrected chi connectivity index (χ0v) is 16.9. The van der Waals surface area contributed by atoms with Gasteiger partial charge in [0.2, 0.25) is 0 Å². The van der Waals surface area contributed by atoms with Gasteiger partial charge in [0.25, 0.3) is 0 Å². The number of amides is 2. The van der Waals surface area contributed by atoms with Crippen molar-refractivity contribution in [1.82, 2.24) is 15.1 Å². The van der Waals surface area contributed by atoms with E-state index in [1.807, 2.05) is 25.7 Å². The molecule has 1 aliphatic heterocycles. The van der Waals surface area contributed by atoms with Gasteiger partial charge in [-0.1, -0.05) is 20.8 Å². The Labute approximate surface area is 156 Å². The van der Waals surface area contributed by atoms with Crippen LogP contribution in [0.15, 0.2) is 0 Å². The van der Waals surface area contributed by atoms with Crippen LogP contribution in [-0.4, -0.2) is 68.3 Å². The molecular formula is C18H35N3O5. The number of aliphatic hydroxyl groups excluding tert-OH is 1. The molecule has 0 saturated carbocycles. The van der Waals surface area contributed by atoms with E-state index in [4.69, 9.17) is 0 Å². The summed E-state index contributed by atoms with van der Waals surface area (Å²) in [7, 11) is 0. The number of nitrogens with zero attached hydrogens (tertiary/aromatic N) is 2. The second-order valence-corrected chi connectivity index (χ2v) is 9.08. The Bertz CT molecular complexity index is 504. The number of piperidine rings is 1. The number of carbonyl (C=O) groups is 2. The number of likely N-dealkylation sites (tertiary alicyclic amines) is 1. The van der Waals surface area contributed by atoms with E-state index in [-0.39, 0.29) is 6.61 Å². The quantitative estimate of drug-likeness (QED) is 0.551. The molecule has 0 aromatic carbocycles. The molecule has 2 amide bonds. The Hall–Kier alpha value is -1.54. The zero-order chi connectivity index (χ0) is 20.3. The largest absolute Gasteiger partial charge is 0.465 e. The molecule has 1 atom stereocenters. The van der Waals surface area contributed by atoms with Crippen molar-refractivity contribution in [2.45, 2.75) is 72.1 Å². The molecule has 1 aliphatic rings. The maximum absolute atomic E-state index is 12.3. The zero-order valence-electron chi connectivity index (χ0n) is 16.9. The first-order valence-corrected chi connectivity index (χ1v) is 9.17. The van der Waals surface area contributed by atoms with Crippen molar-refractivity contribution in [3.63, 3.8) is 0 Å². The summed E-state index contributed by atoms with van der Waals surface area (Å²) in [5.41, 5.74) is -1.54. The van der Waals surface area contributed by atoms with E-state index in [2.05, 4.69) is 5.32 Å². The van der Waals surface area contributed by atoms with Crippen LogP contribution in [-0.2, 0) is 0 Å². The summed E-state index contributed by atoms with van der Waals surface area (Å²) in [6.45, 7) is 12.1. The molecule has 8 heteroatoms. The van der Waals surface area contributed by atoms with Crippen LogP contribution in [0.1, 0.15) is 60.8 Å². The van der Waals surface area contributed by atoms with Gasteiger partial charge in [0.15, 0.2) is 5.79 Å². The Morgan fingerprint density at radius 2 is 1.58 bits per heavy atom. The topological polar surface area (TPSA) is 113 Å². The van der Waals surface area contributed by atoms with Gasteiger partial charge in [-0.15, -0.1) is 0 Å². The van der Waals surface area contributed by atoms with Crippen LogP contribution in [0.3, 0.4) is 0 Å². The average molecular weight is 373 g/mol. The lowest BCUT2D eigenvalue weighted by Crippen LogP contribution is -2.80. The molecule has 4 N–H and O–H groups in total. The first-order chi connectivity index (χ1) is 11.8. The van der Waals surface area contributed by atoms with E-state index in [1.54, 1.807) is 20.8 Å². The summed E-state index contributed by atoms with van der Waals surface area (Å²) in [5.74, 6) is -1.04. The highest BCUT2D eigenvalue weighted by molar-refractivity contribution is 5.71. The predicted molar refractivity (Wildman–Crippen MR) is 99.0 cm³/mol. The Kier molecular flexibility index (Phi) is 6.92. The second-order valence-electron chi connectivity index (χ2n) is 9.08. The molecule has 1 heterocycles. The van der Waals surface area contributed by atoms with Gasteiger partial charge in [0, 0.05) is 30.7 Å². The molecule has 152 valence electrons. The summed E-state index contributed by atoms with van der Waals surface area (Å²) in [6.07, 6.45) is -0.134. The highest BCUT2D eigenvalue weighted by atomic mass is 16.4. The van der Waals surface area contributed by atoms with Gasteiger partial charge in [0.1, 0.15) is 0 Å². The van der Waals surface area contributed by atoms with Crippen LogP contribution in [0.4, 0.5) is 9.59 Å². The molecular weight excluding hydrogens is 338 g/mol. The fourth-order valence-corrected chi connectivity index (χ4v) is 4.06. The molecule has 1 unspecified atom stereocenters. The van der Waals surface area contributed by atoms with Crippen LogP contribution in [0, 0.1) is 11.3 Å². The fraction of sp³-hybridized carbons (Fsp3) is 0.889. The van der Waals surface area contributed by atoms with Crippen LogP contribution in [0.2, 0.25) is 0 Å². The maximum atomic E-state index is 12.3. The lowest BCUT2D eigenvalue weighted by atomic mass is 9.80. The highest BCUT2D eigenvalue weighted by Crippen LogP contribution is 2.42. The normalized spacial score (nSPS) is 19.7. The van der Waals surface area contributed by atoms with Gasteiger partial charge >= 0.3 is 12.2 Å². The van der Waals surface area contributed by atoms with E-state index < -0.39 is 28.9 Å². The van der Waals surface area contributed by atoms with Crippen molar-refractivity contribution in [2.24, 2.45) is 11.3 Å². The minimum absolute atomic E-state index is 0.131. The third-order valence-electron chi connectivity index (χ3n) is 5.12. The Morgan fingerprint density at radius 3 is 1.88 bits per heavy atom. The van der Waals surface area contributed by atoms with Gasteiger partial charge in [-0.25, -0.2) is 9.59 Å². The number of hydrogen-bond acceptors (Lipinski definition) is 4. The number of aliphatic hydroxyl groups is 1. The molecule has 26 heavy (non-hydrogen) atoms. The van der Waals surface area contributed by atoms with Crippen LogP contribution in [0.5, 0.6) is 0 Å². The summed E-state index contributed by atoms with van der Waals surface area (Å²) in [5, 5.41) is 31.4. The smallest absolute Gasteiger partial charge is 0.410 e. The molecule has 1 rings (SSSR count). The predicted octanol–water partition coefficient (Wildman–Crippen LogP) is 2.83. The monoisotopic (exact) mass is 373 g/mol. The van der Waals surface area contributed by atoms with Crippen molar-refractivity contribution >= 4 is 12.2 Å². The maximum Gasteiger partial charge on any atom is 0.410 e. The van der Waals surface area contributed by atoms with E-state index in [0.717, 1.165) is 12.8 Å². The summed E-state index contributed by atoms with van der Waals surface area (Å²) in [6, 6.07) is 0. The minimum atomic E-state index is -1.41. The summed E-state index contributed by atoms with van der Waals surface area (Å²) in [4.78, 5) is 27.2. The SMILES string of the molecule is CC(C)(C)N(C(=O)O)C(NC(=O)O)(N1CCC(CCO)CC1)C(C)(C)C. The molecule has 0 aromatic heterocycles. The highest BCUT2D eigenvalue weighted by Gasteiger charge is 2.58. The van der Waals surface area contributed by atoms with Gasteiger partial charge in [-0.2, -0.15) is 0 Å². The number of carboxylic acid groups (broad SMARTS) is 2. The van der Waals surface area contributed by atoms with E-state index in [0.29, 0.717) is 25.4 Å². The standard InChI is InChI=1S/C18H35N3O5/c1-16(2,3)18(19-14(23)24,21(15(25)26)17(4,5)6)20-10-7-13(8-11-20)9-12-22/h13,19,22H,7-12H2,1-6H3,(H,23,24)(H,25,26). The van der Waals surface area contributed by atoms with Crippen molar-refractivity contribution in [1.29, 1.82) is 0 Å². The first-order valence-electron chi connectivity index (χ1n) is 9.17. The molecule has 1 saturated heterocycles. The summed E-state index contributed by atoms with van der Waals surface area (Å²) < 4.78 is 0. The third-order valence-corrected chi connectivity index (χ3v) is 5.12. The molecule has 0 spiro atoms. The lowest BCUT2D eigenvalue weighted by Gasteiger charge is -2.60. The Balaban J connectivity index is 3.45. The fourth-order valence-electron chi connectivity index (χ4n) is 4.06. The molecule has 0 bridgehead atoms. The van der Waals surface area contributed by atoms with Gasteiger partial charge in [-0.05, 0) is 46.0 Å². The summed E-state index contributed by atoms with van der Waals surface area (Å²) >= 11 is 0. The number of nitrogens with one attached hydrogen (secondary N) is 1. The van der Waals surface area contributed by atoms with Crippen molar-refractivity contribution < 1.29 is 24.9 Å². The second kappa shape index (κ2) is 8.00. The lowest BCUT2D eigenvalue weighted by molar-refractivity contribution is -0.169. The molecule has 0 aromatic rings. The number of rotatable bonds is 5. The molecule has 0 aliphatic carbocycles. The van der Waals surface area contributed by atoms with Crippen molar-refractivity contribution in [3.05, 3.63) is 0 Å². The van der Waals surface area contributed by atoms with Gasteiger partial charge < -0.3 is 15.3 Å². The van der Waals surface area contributed by atoms with Crippen molar-refractivity contribution in [3.8, 4) is 0 Å².